The van der Waals surface area contributed by atoms with Crippen LogP contribution in [-0.2, 0) is 4.74 Å². The van der Waals surface area contributed by atoms with E-state index in [0.717, 1.165) is 68.6 Å². The van der Waals surface area contributed by atoms with Crippen LogP contribution >= 0.6 is 0 Å². The van der Waals surface area contributed by atoms with Crippen molar-refractivity contribution in [1.82, 2.24) is 20.1 Å². The maximum atomic E-state index is 13.6. The molecule has 11 heteroatoms. The number of carbonyl (C=O) groups excluding carboxylic acids is 1. The monoisotopic (exact) mass is 571 g/mol. The quantitative estimate of drug-likeness (QED) is 0.309. The van der Waals surface area contributed by atoms with Crippen molar-refractivity contribution in [3.63, 3.8) is 0 Å². The highest BCUT2D eigenvalue weighted by Gasteiger charge is 2.22. The Morgan fingerprint density at radius 1 is 1.00 bits per heavy atom. The predicted molar refractivity (Wildman–Crippen MR) is 158 cm³/mol. The van der Waals surface area contributed by atoms with E-state index in [2.05, 4.69) is 60.6 Å². The second-order valence-corrected chi connectivity index (χ2v) is 10.6. The number of benzene rings is 2. The summed E-state index contributed by atoms with van der Waals surface area (Å²) in [5, 5.41) is 14.2. The number of hydrogen-bond donors (Lipinski definition) is 3. The number of aromatic amines is 1. The summed E-state index contributed by atoms with van der Waals surface area (Å²) in [7, 11) is 2.12. The number of likely N-dealkylation sites (N-methyl/N-ethyl adjacent to an activating group) is 1. The zero-order valence-electron chi connectivity index (χ0n) is 23.2. The van der Waals surface area contributed by atoms with Gasteiger partial charge in [0.15, 0.2) is 5.65 Å². The number of piperazine rings is 1. The summed E-state index contributed by atoms with van der Waals surface area (Å²) in [6.45, 7) is 5.18. The smallest absolute Gasteiger partial charge is 0.258 e. The standard InChI is InChI=1S/C31H31F2N7O2/c1-39-8-10-40(11-9-39)25-4-5-26(28(18-25)35-24-6-12-42-13-7-24)31(41)36-30-27-16-21(19-34-29(27)37-38-30)3-2-20-14-22(32)17-23(33)15-20/h4-5,14-19,24,35H,6-13H2,1H3,(H2,34,36,37,38,41). The molecular formula is C31H31F2N7O2. The number of carbonyl (C=O) groups is 1. The molecule has 0 saturated carbocycles. The first kappa shape index (κ1) is 27.6. The van der Waals surface area contributed by atoms with E-state index in [-0.39, 0.29) is 17.5 Å². The fraction of sp³-hybridized carbons (Fsp3) is 0.323. The van der Waals surface area contributed by atoms with Crippen LogP contribution in [0.4, 0.5) is 26.0 Å². The van der Waals surface area contributed by atoms with Crippen molar-refractivity contribution >= 4 is 34.1 Å². The van der Waals surface area contributed by atoms with Gasteiger partial charge < -0.3 is 25.2 Å². The molecule has 1 amide bonds. The number of pyridine rings is 1. The Hall–Kier alpha value is -4.53. The average molecular weight is 572 g/mol. The summed E-state index contributed by atoms with van der Waals surface area (Å²) in [6, 6.07) is 11.0. The van der Waals surface area contributed by atoms with Gasteiger partial charge in [-0.1, -0.05) is 11.8 Å². The number of nitrogens with one attached hydrogen (secondary N) is 3. The van der Waals surface area contributed by atoms with Gasteiger partial charge in [0, 0.05) is 80.2 Å². The molecule has 0 unspecified atom stereocenters. The molecule has 0 spiro atoms. The van der Waals surface area contributed by atoms with Crippen LogP contribution in [0.5, 0.6) is 0 Å². The van der Waals surface area contributed by atoms with Crippen molar-refractivity contribution < 1.29 is 18.3 Å². The van der Waals surface area contributed by atoms with Crippen molar-refractivity contribution in [2.45, 2.75) is 18.9 Å². The molecule has 2 aromatic carbocycles. The molecule has 0 radical (unpaired) electrons. The lowest BCUT2D eigenvalue weighted by atomic mass is 10.1. The van der Waals surface area contributed by atoms with Gasteiger partial charge in [-0.15, -0.1) is 0 Å². The van der Waals surface area contributed by atoms with Gasteiger partial charge in [0.2, 0.25) is 0 Å². The lowest BCUT2D eigenvalue weighted by Gasteiger charge is -2.34. The van der Waals surface area contributed by atoms with E-state index in [9.17, 15) is 13.6 Å². The van der Waals surface area contributed by atoms with Gasteiger partial charge in [-0.2, -0.15) is 5.10 Å². The van der Waals surface area contributed by atoms with Crippen molar-refractivity contribution in [2.75, 3.05) is 62.0 Å². The maximum Gasteiger partial charge on any atom is 0.258 e. The van der Waals surface area contributed by atoms with E-state index in [1.807, 2.05) is 12.1 Å². The number of H-pyrrole nitrogens is 1. The molecule has 0 atom stereocenters. The summed E-state index contributed by atoms with van der Waals surface area (Å²) < 4.78 is 32.6. The molecule has 6 rings (SSSR count). The number of ether oxygens (including phenoxy) is 1. The Morgan fingerprint density at radius 3 is 2.50 bits per heavy atom. The zero-order valence-corrected chi connectivity index (χ0v) is 23.2. The minimum atomic E-state index is -0.699. The first-order valence-corrected chi connectivity index (χ1v) is 14.0. The first-order valence-electron chi connectivity index (χ1n) is 14.0. The fourth-order valence-electron chi connectivity index (χ4n) is 5.19. The lowest BCUT2D eigenvalue weighted by Crippen LogP contribution is -2.44. The number of aromatic nitrogens is 3. The molecule has 2 saturated heterocycles. The highest BCUT2D eigenvalue weighted by Crippen LogP contribution is 2.28. The number of rotatable bonds is 5. The molecule has 3 N–H and O–H groups in total. The van der Waals surface area contributed by atoms with E-state index in [0.29, 0.717) is 41.2 Å². The van der Waals surface area contributed by atoms with E-state index in [4.69, 9.17) is 4.74 Å². The van der Waals surface area contributed by atoms with Crippen molar-refractivity contribution in [2.24, 2.45) is 0 Å². The summed E-state index contributed by atoms with van der Waals surface area (Å²) in [5.41, 5.74) is 3.47. The molecule has 4 heterocycles. The molecule has 2 aromatic heterocycles. The van der Waals surface area contributed by atoms with Crippen LogP contribution in [0.2, 0.25) is 0 Å². The zero-order chi connectivity index (χ0) is 29.1. The van der Waals surface area contributed by atoms with Gasteiger partial charge in [-0.3, -0.25) is 9.89 Å². The molecule has 9 nitrogen and oxygen atoms in total. The largest absolute Gasteiger partial charge is 0.381 e. The third-order valence-corrected chi connectivity index (χ3v) is 7.56. The van der Waals surface area contributed by atoms with E-state index >= 15 is 0 Å². The van der Waals surface area contributed by atoms with E-state index in [1.165, 1.54) is 6.20 Å². The minimum Gasteiger partial charge on any atom is -0.381 e. The highest BCUT2D eigenvalue weighted by atomic mass is 19.1. The molecule has 2 fully saturated rings. The molecule has 216 valence electrons. The maximum absolute atomic E-state index is 13.6. The summed E-state index contributed by atoms with van der Waals surface area (Å²) in [4.78, 5) is 22.6. The second-order valence-electron chi connectivity index (χ2n) is 10.6. The molecule has 0 bridgehead atoms. The number of nitrogens with zero attached hydrogens (tertiary/aromatic N) is 4. The SMILES string of the molecule is CN1CCN(c2ccc(C(=O)Nc3[nH]nc4ncc(C#Cc5cc(F)cc(F)c5)cc34)c(NC3CCOCC3)c2)CC1. The number of fused-ring (bicyclic) bond motifs is 1. The topological polar surface area (TPSA) is 98.4 Å². The second kappa shape index (κ2) is 12.1. The number of hydrogen-bond acceptors (Lipinski definition) is 7. The molecule has 4 aromatic rings. The van der Waals surface area contributed by atoms with Crippen molar-refractivity contribution in [3.05, 3.63) is 77.0 Å². The van der Waals surface area contributed by atoms with Gasteiger partial charge in [-0.05, 0) is 56.3 Å². The number of amides is 1. The summed E-state index contributed by atoms with van der Waals surface area (Å²) in [6.07, 6.45) is 3.25. The third kappa shape index (κ3) is 6.35. The van der Waals surface area contributed by atoms with Crippen LogP contribution in [0.25, 0.3) is 11.0 Å². The molecule has 0 aliphatic carbocycles. The van der Waals surface area contributed by atoms with Crippen LogP contribution in [-0.4, -0.2) is 78.5 Å². The third-order valence-electron chi connectivity index (χ3n) is 7.56. The van der Waals surface area contributed by atoms with Crippen molar-refractivity contribution in [1.29, 1.82) is 0 Å². The van der Waals surface area contributed by atoms with Gasteiger partial charge >= 0.3 is 0 Å². The molecular weight excluding hydrogens is 540 g/mol. The Morgan fingerprint density at radius 2 is 1.74 bits per heavy atom. The molecule has 42 heavy (non-hydrogen) atoms. The van der Waals surface area contributed by atoms with Gasteiger partial charge in [0.05, 0.1) is 10.9 Å². The number of anilines is 3. The van der Waals surface area contributed by atoms with Crippen LogP contribution < -0.4 is 15.5 Å². The molecule has 2 aliphatic heterocycles. The van der Waals surface area contributed by atoms with E-state index in [1.54, 1.807) is 6.07 Å². The normalized spacial score (nSPS) is 16.2. The van der Waals surface area contributed by atoms with Crippen molar-refractivity contribution in [3.8, 4) is 11.8 Å². The predicted octanol–water partition coefficient (Wildman–Crippen LogP) is 4.23. The summed E-state index contributed by atoms with van der Waals surface area (Å²) >= 11 is 0. The highest BCUT2D eigenvalue weighted by molar-refractivity contribution is 6.10. The Kier molecular flexibility index (Phi) is 7.99. The number of halogens is 2. The van der Waals surface area contributed by atoms with Crippen LogP contribution in [0.3, 0.4) is 0 Å². The Labute approximate surface area is 242 Å². The Bertz CT molecular complexity index is 1640. The summed E-state index contributed by atoms with van der Waals surface area (Å²) in [5.74, 6) is 4.31. The van der Waals surface area contributed by atoms with Gasteiger partial charge in [0.1, 0.15) is 17.5 Å². The van der Waals surface area contributed by atoms with E-state index < -0.39 is 11.6 Å². The van der Waals surface area contributed by atoms with Gasteiger partial charge in [-0.25, -0.2) is 13.8 Å². The lowest BCUT2D eigenvalue weighted by molar-refractivity contribution is 0.0904. The minimum absolute atomic E-state index is 0.206. The van der Waals surface area contributed by atoms with Crippen LogP contribution in [0, 0.1) is 23.5 Å². The molecule has 2 aliphatic rings. The van der Waals surface area contributed by atoms with Gasteiger partial charge in [0.25, 0.3) is 5.91 Å². The first-order chi connectivity index (χ1) is 20.4. The Balaban J connectivity index is 1.26. The van der Waals surface area contributed by atoms with Crippen LogP contribution in [0.1, 0.15) is 34.3 Å². The fourth-order valence-corrected chi connectivity index (χ4v) is 5.19. The van der Waals surface area contributed by atoms with Crippen LogP contribution in [0.15, 0.2) is 48.7 Å². The average Bonchev–Trinajstić information content (AvgIpc) is 3.38.